The zero-order valence-corrected chi connectivity index (χ0v) is 10.4. The maximum atomic E-state index is 11.3. The standard InChI is InChI=1S/C14H14N4O/c19-14-4-1-10-7-11(2-3-13(10)18-14)16-8-12-5-6-15-9-17-12/h2-3,5-7,9,16H,1,4,8H2,(H,18,19). The lowest BCUT2D eigenvalue weighted by Gasteiger charge is -2.18. The minimum atomic E-state index is 0.0918. The Hall–Kier alpha value is -2.43. The molecule has 5 nitrogen and oxygen atoms in total. The predicted molar refractivity (Wildman–Crippen MR) is 72.8 cm³/mol. The highest BCUT2D eigenvalue weighted by Crippen LogP contribution is 2.25. The van der Waals surface area contributed by atoms with Crippen LogP contribution in [0.3, 0.4) is 0 Å². The first-order chi connectivity index (χ1) is 9.31. The number of aryl methyl sites for hydroxylation is 1. The Bertz CT molecular complexity index is 598. The molecule has 0 saturated carbocycles. The van der Waals surface area contributed by atoms with Crippen molar-refractivity contribution in [1.82, 2.24) is 9.97 Å². The highest BCUT2D eigenvalue weighted by Gasteiger charge is 2.14. The van der Waals surface area contributed by atoms with E-state index >= 15 is 0 Å². The minimum absolute atomic E-state index is 0.0918. The number of hydrogen-bond acceptors (Lipinski definition) is 4. The highest BCUT2D eigenvalue weighted by molar-refractivity contribution is 5.94. The quantitative estimate of drug-likeness (QED) is 0.878. The number of rotatable bonds is 3. The first kappa shape index (κ1) is 11.6. The van der Waals surface area contributed by atoms with E-state index in [-0.39, 0.29) is 5.91 Å². The Labute approximate surface area is 111 Å². The highest BCUT2D eigenvalue weighted by atomic mass is 16.1. The zero-order chi connectivity index (χ0) is 13.1. The van der Waals surface area contributed by atoms with Gasteiger partial charge in [0.2, 0.25) is 5.91 Å². The van der Waals surface area contributed by atoms with Crippen LogP contribution in [0.25, 0.3) is 0 Å². The van der Waals surface area contributed by atoms with Crippen LogP contribution in [-0.2, 0) is 17.8 Å². The van der Waals surface area contributed by atoms with Gasteiger partial charge in [-0.15, -0.1) is 0 Å². The van der Waals surface area contributed by atoms with E-state index in [0.717, 1.165) is 23.5 Å². The number of carbonyl (C=O) groups excluding carboxylic acids is 1. The summed E-state index contributed by atoms with van der Waals surface area (Å²) in [7, 11) is 0. The monoisotopic (exact) mass is 254 g/mol. The van der Waals surface area contributed by atoms with Crippen LogP contribution in [0.2, 0.25) is 0 Å². The number of anilines is 2. The van der Waals surface area contributed by atoms with Gasteiger partial charge in [-0.05, 0) is 36.2 Å². The van der Waals surface area contributed by atoms with Gasteiger partial charge >= 0.3 is 0 Å². The van der Waals surface area contributed by atoms with E-state index < -0.39 is 0 Å². The van der Waals surface area contributed by atoms with E-state index in [4.69, 9.17) is 0 Å². The van der Waals surface area contributed by atoms with Crippen LogP contribution in [0.5, 0.6) is 0 Å². The molecule has 2 aromatic rings. The van der Waals surface area contributed by atoms with Crippen molar-refractivity contribution in [2.75, 3.05) is 10.6 Å². The third-order valence-corrected chi connectivity index (χ3v) is 3.12. The first-order valence-electron chi connectivity index (χ1n) is 6.23. The Morgan fingerprint density at radius 3 is 3.05 bits per heavy atom. The van der Waals surface area contributed by atoms with Crippen LogP contribution < -0.4 is 10.6 Å². The van der Waals surface area contributed by atoms with Crippen molar-refractivity contribution in [1.29, 1.82) is 0 Å². The van der Waals surface area contributed by atoms with Crippen molar-refractivity contribution < 1.29 is 4.79 Å². The van der Waals surface area contributed by atoms with Crippen LogP contribution in [0.15, 0.2) is 36.8 Å². The van der Waals surface area contributed by atoms with Gasteiger partial charge in [0.1, 0.15) is 6.33 Å². The molecule has 1 aliphatic rings. The van der Waals surface area contributed by atoms with E-state index in [1.165, 1.54) is 5.56 Å². The third kappa shape index (κ3) is 2.70. The summed E-state index contributed by atoms with van der Waals surface area (Å²) < 4.78 is 0. The van der Waals surface area contributed by atoms with Gasteiger partial charge in [0.25, 0.3) is 0 Å². The van der Waals surface area contributed by atoms with Crippen molar-refractivity contribution in [3.63, 3.8) is 0 Å². The van der Waals surface area contributed by atoms with Crippen molar-refractivity contribution in [3.05, 3.63) is 48.0 Å². The van der Waals surface area contributed by atoms with Gasteiger partial charge in [-0.1, -0.05) is 0 Å². The average Bonchev–Trinajstić information content (AvgIpc) is 2.46. The second-order valence-electron chi connectivity index (χ2n) is 4.47. The van der Waals surface area contributed by atoms with Gasteiger partial charge in [0.15, 0.2) is 0 Å². The Kier molecular flexibility index (Phi) is 3.10. The SMILES string of the molecule is O=C1CCc2cc(NCc3ccncn3)ccc2N1. The van der Waals surface area contributed by atoms with E-state index in [1.54, 1.807) is 12.5 Å². The topological polar surface area (TPSA) is 66.9 Å². The van der Waals surface area contributed by atoms with E-state index in [2.05, 4.69) is 26.7 Å². The van der Waals surface area contributed by atoms with Gasteiger partial charge in [0, 0.05) is 24.0 Å². The van der Waals surface area contributed by atoms with Crippen molar-refractivity contribution in [2.24, 2.45) is 0 Å². The van der Waals surface area contributed by atoms with E-state index in [9.17, 15) is 4.79 Å². The fraction of sp³-hybridized carbons (Fsp3) is 0.214. The lowest BCUT2D eigenvalue weighted by atomic mass is 10.0. The first-order valence-corrected chi connectivity index (χ1v) is 6.23. The van der Waals surface area contributed by atoms with Crippen LogP contribution >= 0.6 is 0 Å². The number of fused-ring (bicyclic) bond motifs is 1. The summed E-state index contributed by atoms with van der Waals surface area (Å²) in [4.78, 5) is 19.3. The maximum absolute atomic E-state index is 11.3. The lowest BCUT2D eigenvalue weighted by molar-refractivity contribution is -0.116. The van der Waals surface area contributed by atoms with Gasteiger partial charge in [-0.3, -0.25) is 4.79 Å². The van der Waals surface area contributed by atoms with Crippen LogP contribution in [0.1, 0.15) is 17.7 Å². The molecule has 2 heterocycles. The molecule has 0 unspecified atom stereocenters. The molecular formula is C14H14N4O. The molecule has 1 aromatic heterocycles. The number of carbonyl (C=O) groups is 1. The van der Waals surface area contributed by atoms with E-state index in [0.29, 0.717) is 13.0 Å². The number of hydrogen-bond donors (Lipinski definition) is 2. The van der Waals surface area contributed by atoms with Gasteiger partial charge in [0.05, 0.1) is 12.2 Å². The molecule has 0 aliphatic carbocycles. The van der Waals surface area contributed by atoms with E-state index in [1.807, 2.05) is 18.2 Å². The van der Waals surface area contributed by atoms with Crippen molar-refractivity contribution >= 4 is 17.3 Å². The molecular weight excluding hydrogens is 240 g/mol. The summed E-state index contributed by atoms with van der Waals surface area (Å²) in [5, 5.41) is 6.19. The third-order valence-electron chi connectivity index (χ3n) is 3.12. The van der Waals surface area contributed by atoms with Crippen molar-refractivity contribution in [3.8, 4) is 0 Å². The predicted octanol–water partition coefficient (Wildman–Crippen LogP) is 1.97. The van der Waals surface area contributed by atoms with Gasteiger partial charge < -0.3 is 10.6 Å². The molecule has 3 rings (SSSR count). The number of aromatic nitrogens is 2. The summed E-state index contributed by atoms with van der Waals surface area (Å²) >= 11 is 0. The minimum Gasteiger partial charge on any atom is -0.379 e. The molecule has 0 saturated heterocycles. The Balaban J connectivity index is 1.71. The molecule has 0 fully saturated rings. The Morgan fingerprint density at radius 1 is 1.26 bits per heavy atom. The van der Waals surface area contributed by atoms with Gasteiger partial charge in [-0.25, -0.2) is 9.97 Å². The molecule has 0 bridgehead atoms. The summed E-state index contributed by atoms with van der Waals surface area (Å²) in [5.74, 6) is 0.0918. The molecule has 1 aliphatic heterocycles. The second-order valence-corrected chi connectivity index (χ2v) is 4.47. The zero-order valence-electron chi connectivity index (χ0n) is 10.4. The number of nitrogens with one attached hydrogen (secondary N) is 2. The molecule has 0 radical (unpaired) electrons. The largest absolute Gasteiger partial charge is 0.379 e. The number of amides is 1. The Morgan fingerprint density at radius 2 is 2.21 bits per heavy atom. The molecule has 1 amide bonds. The molecule has 5 heteroatoms. The summed E-state index contributed by atoms with van der Waals surface area (Å²) in [6.45, 7) is 0.660. The molecule has 19 heavy (non-hydrogen) atoms. The summed E-state index contributed by atoms with van der Waals surface area (Å²) in [5.41, 5.74) is 4.07. The summed E-state index contributed by atoms with van der Waals surface area (Å²) in [6, 6.07) is 7.86. The molecule has 2 N–H and O–H groups in total. The second kappa shape index (κ2) is 5.06. The molecule has 96 valence electrons. The van der Waals surface area contributed by atoms with Crippen LogP contribution in [0, 0.1) is 0 Å². The summed E-state index contributed by atoms with van der Waals surface area (Å²) in [6.07, 6.45) is 4.62. The normalized spacial score (nSPS) is 13.6. The van der Waals surface area contributed by atoms with Crippen molar-refractivity contribution in [2.45, 2.75) is 19.4 Å². The lowest BCUT2D eigenvalue weighted by Crippen LogP contribution is -2.19. The van der Waals surface area contributed by atoms with Gasteiger partial charge in [-0.2, -0.15) is 0 Å². The number of benzene rings is 1. The van der Waals surface area contributed by atoms with Crippen LogP contribution in [0.4, 0.5) is 11.4 Å². The molecule has 1 aromatic carbocycles. The maximum Gasteiger partial charge on any atom is 0.224 e. The van der Waals surface area contributed by atoms with Crippen LogP contribution in [-0.4, -0.2) is 15.9 Å². The fourth-order valence-electron chi connectivity index (χ4n) is 2.11. The average molecular weight is 254 g/mol. The fourth-order valence-corrected chi connectivity index (χ4v) is 2.11. The molecule has 0 atom stereocenters. The molecule has 0 spiro atoms. The smallest absolute Gasteiger partial charge is 0.224 e. The number of nitrogens with zero attached hydrogens (tertiary/aromatic N) is 2.